The maximum absolute atomic E-state index is 11.0. The van der Waals surface area contributed by atoms with E-state index in [9.17, 15) is 4.79 Å². The van der Waals surface area contributed by atoms with Gasteiger partial charge < -0.3 is 14.8 Å². The Kier molecular flexibility index (Phi) is 5.74. The minimum Gasteiger partial charge on any atom is -0.389 e. The van der Waals surface area contributed by atoms with Crippen molar-refractivity contribution in [3.63, 3.8) is 0 Å². The zero-order valence-corrected chi connectivity index (χ0v) is 8.53. The number of hydrogen-bond donors (Lipinski definition) is 1. The molecule has 0 aliphatic rings. The van der Waals surface area contributed by atoms with Gasteiger partial charge in [0.2, 0.25) is 5.91 Å². The lowest BCUT2D eigenvalue weighted by Gasteiger charge is -2.22. The van der Waals surface area contributed by atoms with E-state index in [1.54, 1.807) is 20.9 Å². The number of nitrogens with one attached hydrogen (secondary N) is 1. The van der Waals surface area contributed by atoms with Crippen molar-refractivity contribution in [3.8, 4) is 0 Å². The molecule has 13 heavy (non-hydrogen) atoms. The van der Waals surface area contributed by atoms with E-state index in [0.717, 1.165) is 0 Å². The largest absolute Gasteiger partial charge is 0.389 e. The Labute approximate surface area is 80.4 Å². The molecule has 0 aliphatic heterocycles. The van der Waals surface area contributed by atoms with Crippen LogP contribution in [0.5, 0.6) is 0 Å². The van der Waals surface area contributed by atoms with Crippen LogP contribution in [-0.4, -0.2) is 46.1 Å². The van der Waals surface area contributed by atoms with Gasteiger partial charge in [0.05, 0.1) is 6.10 Å². The molecular formula is C8H16BNO3. The molecule has 0 aliphatic carbocycles. The predicted octanol–water partition coefficient (Wildman–Crippen LogP) is -0.333. The van der Waals surface area contributed by atoms with Gasteiger partial charge in [-0.15, -0.1) is 0 Å². The van der Waals surface area contributed by atoms with Crippen LogP contribution in [0.15, 0.2) is 0 Å². The molecule has 0 saturated carbocycles. The number of amides is 1. The van der Waals surface area contributed by atoms with Crippen LogP contribution < -0.4 is 5.32 Å². The number of ether oxygens (including phenoxy) is 2. The fourth-order valence-electron chi connectivity index (χ4n) is 0.856. The average Bonchev–Trinajstić information content (AvgIpc) is 2.14. The molecule has 0 aromatic rings. The minimum absolute atomic E-state index is 0.171. The third-order valence-electron chi connectivity index (χ3n) is 1.77. The smallest absolute Gasteiger partial charge is 0.248 e. The van der Waals surface area contributed by atoms with Gasteiger partial charge in [-0.1, -0.05) is 0 Å². The normalized spacial score (nSPS) is 17.5. The summed E-state index contributed by atoms with van der Waals surface area (Å²) in [7, 11) is 8.58. The first-order valence-corrected chi connectivity index (χ1v) is 4.18. The quantitative estimate of drug-likeness (QED) is 0.596. The van der Waals surface area contributed by atoms with Crippen LogP contribution in [-0.2, 0) is 14.3 Å². The van der Waals surface area contributed by atoms with Gasteiger partial charge in [0.1, 0.15) is 14.0 Å². The molecule has 0 rings (SSSR count). The van der Waals surface area contributed by atoms with E-state index in [1.165, 1.54) is 7.11 Å². The van der Waals surface area contributed by atoms with E-state index in [2.05, 4.69) is 5.32 Å². The molecule has 0 heterocycles. The molecule has 0 spiro atoms. The van der Waals surface area contributed by atoms with Gasteiger partial charge in [-0.25, -0.2) is 0 Å². The number of likely N-dealkylation sites (N-methyl/N-ethyl adjacent to an activating group) is 1. The maximum atomic E-state index is 11.0. The Hall–Kier alpha value is -0.545. The molecule has 0 fully saturated rings. The summed E-state index contributed by atoms with van der Waals surface area (Å²) in [6, 6.07) is -0.507. The van der Waals surface area contributed by atoms with Gasteiger partial charge in [-0.05, 0) is 13.8 Å². The fourth-order valence-corrected chi connectivity index (χ4v) is 0.856. The lowest BCUT2D eigenvalue weighted by atomic mass is 9.95. The van der Waals surface area contributed by atoms with Crippen LogP contribution in [0.4, 0.5) is 0 Å². The van der Waals surface area contributed by atoms with Crippen molar-refractivity contribution in [2.24, 2.45) is 0 Å². The van der Waals surface area contributed by atoms with Crippen LogP contribution in [0.2, 0.25) is 0 Å². The second-order valence-electron chi connectivity index (χ2n) is 2.80. The molecule has 0 aromatic heterocycles. The first-order valence-electron chi connectivity index (χ1n) is 4.18. The maximum Gasteiger partial charge on any atom is 0.248 e. The molecule has 0 aromatic carbocycles. The first-order chi connectivity index (χ1) is 6.02. The third kappa shape index (κ3) is 4.29. The Morgan fingerprint density at radius 2 is 2.00 bits per heavy atom. The molecule has 2 radical (unpaired) electrons. The minimum atomic E-state index is -0.513. The molecule has 3 atom stereocenters. The lowest BCUT2D eigenvalue weighted by Crippen LogP contribution is -2.38. The van der Waals surface area contributed by atoms with Crippen LogP contribution in [0, 0.1) is 0 Å². The number of carbonyl (C=O) groups excluding carboxylic acids is 1. The first kappa shape index (κ1) is 12.5. The number of rotatable bonds is 5. The highest BCUT2D eigenvalue weighted by atomic mass is 16.5. The fraction of sp³-hybridized carbons (Fsp3) is 0.875. The van der Waals surface area contributed by atoms with E-state index < -0.39 is 12.1 Å². The second kappa shape index (κ2) is 5.99. The topological polar surface area (TPSA) is 47.6 Å². The standard InChI is InChI=1S/C8H16BNO3/c1-5(7(9)12-4)13-6(2)8(11)10-3/h5-7H,1-4H3,(H,10,11). The Balaban J connectivity index is 3.90. The van der Waals surface area contributed by atoms with Gasteiger partial charge >= 0.3 is 0 Å². The summed E-state index contributed by atoms with van der Waals surface area (Å²) in [4.78, 5) is 11.0. The van der Waals surface area contributed by atoms with E-state index >= 15 is 0 Å². The lowest BCUT2D eigenvalue weighted by molar-refractivity contribution is -0.137. The molecule has 5 heteroatoms. The monoisotopic (exact) mass is 185 g/mol. The highest BCUT2D eigenvalue weighted by Gasteiger charge is 2.18. The molecule has 1 N–H and O–H groups in total. The average molecular weight is 185 g/mol. The molecule has 74 valence electrons. The van der Waals surface area contributed by atoms with Crippen molar-refractivity contribution in [2.75, 3.05) is 14.2 Å². The molecular weight excluding hydrogens is 169 g/mol. The van der Waals surface area contributed by atoms with E-state index in [-0.39, 0.29) is 12.0 Å². The van der Waals surface area contributed by atoms with Crippen molar-refractivity contribution in [1.82, 2.24) is 5.32 Å². The number of hydrogen-bond acceptors (Lipinski definition) is 3. The van der Waals surface area contributed by atoms with Gasteiger partial charge in [0, 0.05) is 20.2 Å². The van der Waals surface area contributed by atoms with Crippen LogP contribution in [0.3, 0.4) is 0 Å². The van der Waals surface area contributed by atoms with Crippen molar-refractivity contribution in [1.29, 1.82) is 0 Å². The second-order valence-corrected chi connectivity index (χ2v) is 2.80. The van der Waals surface area contributed by atoms with Crippen molar-refractivity contribution in [2.45, 2.75) is 32.1 Å². The summed E-state index contributed by atoms with van der Waals surface area (Å²) in [5.74, 6) is -0.171. The number of carbonyl (C=O) groups is 1. The summed E-state index contributed by atoms with van der Waals surface area (Å²) in [5.41, 5.74) is 0. The van der Waals surface area contributed by atoms with Crippen LogP contribution >= 0.6 is 0 Å². The Morgan fingerprint density at radius 3 is 2.38 bits per heavy atom. The van der Waals surface area contributed by atoms with Crippen molar-refractivity contribution in [3.05, 3.63) is 0 Å². The highest BCUT2D eigenvalue weighted by Crippen LogP contribution is 2.03. The molecule has 0 bridgehead atoms. The summed E-state index contributed by atoms with van der Waals surface area (Å²) < 4.78 is 10.1. The van der Waals surface area contributed by atoms with E-state index in [0.29, 0.717) is 0 Å². The zero-order chi connectivity index (χ0) is 10.4. The van der Waals surface area contributed by atoms with Crippen LogP contribution in [0.25, 0.3) is 0 Å². The van der Waals surface area contributed by atoms with Crippen LogP contribution in [0.1, 0.15) is 13.8 Å². The van der Waals surface area contributed by atoms with Crippen molar-refractivity contribution < 1.29 is 14.3 Å². The van der Waals surface area contributed by atoms with Gasteiger partial charge in [0.25, 0.3) is 0 Å². The molecule has 3 unspecified atom stereocenters. The molecule has 4 nitrogen and oxygen atoms in total. The highest BCUT2D eigenvalue weighted by molar-refractivity contribution is 6.11. The Bertz CT molecular complexity index is 165. The predicted molar refractivity (Wildman–Crippen MR) is 50.6 cm³/mol. The van der Waals surface area contributed by atoms with Gasteiger partial charge in [-0.2, -0.15) is 0 Å². The third-order valence-corrected chi connectivity index (χ3v) is 1.77. The molecule has 1 amide bonds. The van der Waals surface area contributed by atoms with E-state index in [4.69, 9.17) is 17.3 Å². The molecule has 0 saturated heterocycles. The van der Waals surface area contributed by atoms with Gasteiger partial charge in [0.15, 0.2) is 0 Å². The summed E-state index contributed by atoms with van der Waals surface area (Å²) in [6.45, 7) is 3.42. The SMILES string of the molecule is [B]C(OC)C(C)OC(C)C(=O)NC. The van der Waals surface area contributed by atoms with Crippen molar-refractivity contribution >= 4 is 13.8 Å². The zero-order valence-electron chi connectivity index (χ0n) is 8.53. The van der Waals surface area contributed by atoms with E-state index in [1.807, 2.05) is 0 Å². The summed E-state index contributed by atoms with van der Waals surface area (Å²) >= 11 is 0. The summed E-state index contributed by atoms with van der Waals surface area (Å²) in [6.07, 6.45) is -0.821. The summed E-state index contributed by atoms with van der Waals surface area (Å²) in [5, 5.41) is 2.48. The van der Waals surface area contributed by atoms with Gasteiger partial charge in [-0.3, -0.25) is 4.79 Å². The Morgan fingerprint density at radius 1 is 1.46 bits per heavy atom. The number of methoxy groups -OCH3 is 1.